The molecule has 0 aliphatic carbocycles. The molecule has 0 unspecified atom stereocenters. The summed E-state index contributed by atoms with van der Waals surface area (Å²) in [6, 6.07) is 7.45. The Hall–Kier alpha value is -2.30. The molecule has 3 rings (SSSR count). The number of ether oxygens (including phenoxy) is 1. The Labute approximate surface area is 149 Å². The third-order valence-corrected chi connectivity index (χ3v) is 4.96. The number of amides is 1. The van der Waals surface area contributed by atoms with Gasteiger partial charge in [0.25, 0.3) is 5.91 Å². The minimum atomic E-state index is 0.0707. The molecule has 0 radical (unpaired) electrons. The van der Waals surface area contributed by atoms with Gasteiger partial charge in [-0.25, -0.2) is 4.98 Å². The van der Waals surface area contributed by atoms with Gasteiger partial charge in [-0.3, -0.25) is 4.79 Å². The van der Waals surface area contributed by atoms with Crippen molar-refractivity contribution in [3.05, 3.63) is 48.0 Å². The average Bonchev–Trinajstić information content (AvgIpc) is 3.10. The molecule has 1 saturated heterocycles. The number of likely N-dealkylation sites (tertiary alicyclic amines) is 1. The maximum Gasteiger partial charge on any atom is 0.257 e. The molecule has 1 amide bonds. The number of aromatic nitrogens is 2. The van der Waals surface area contributed by atoms with Gasteiger partial charge in [0, 0.05) is 37.9 Å². The van der Waals surface area contributed by atoms with Crippen LogP contribution in [-0.4, -0.2) is 40.6 Å². The summed E-state index contributed by atoms with van der Waals surface area (Å²) in [6.45, 7) is 6.94. The van der Waals surface area contributed by atoms with Gasteiger partial charge >= 0.3 is 0 Å². The molecule has 2 heterocycles. The van der Waals surface area contributed by atoms with Crippen LogP contribution in [0.3, 0.4) is 0 Å². The molecule has 1 aromatic heterocycles. The van der Waals surface area contributed by atoms with Crippen LogP contribution in [0.2, 0.25) is 0 Å². The summed E-state index contributed by atoms with van der Waals surface area (Å²) in [5.41, 5.74) is 0.653. The molecule has 1 aliphatic heterocycles. The van der Waals surface area contributed by atoms with E-state index in [1.165, 1.54) is 0 Å². The van der Waals surface area contributed by atoms with Crippen molar-refractivity contribution in [1.29, 1.82) is 0 Å². The molecule has 0 N–H and O–H groups in total. The quantitative estimate of drug-likeness (QED) is 0.835. The molecular weight excluding hydrogens is 314 g/mol. The predicted molar refractivity (Wildman–Crippen MR) is 97.9 cm³/mol. The first kappa shape index (κ1) is 17.5. The zero-order valence-electron chi connectivity index (χ0n) is 15.3. The Bertz CT molecular complexity index is 715. The summed E-state index contributed by atoms with van der Waals surface area (Å²) in [5.74, 6) is 2.89. The van der Waals surface area contributed by atoms with Crippen LogP contribution >= 0.6 is 0 Å². The van der Waals surface area contributed by atoms with Gasteiger partial charge in [0.05, 0.1) is 12.7 Å². The highest BCUT2D eigenvalue weighted by molar-refractivity contribution is 5.97. The van der Waals surface area contributed by atoms with E-state index in [1.54, 1.807) is 7.11 Å². The highest BCUT2D eigenvalue weighted by atomic mass is 16.5. The zero-order chi connectivity index (χ0) is 17.8. The minimum absolute atomic E-state index is 0.0707. The van der Waals surface area contributed by atoms with Gasteiger partial charge in [-0.05, 0) is 30.9 Å². The topological polar surface area (TPSA) is 47.4 Å². The highest BCUT2D eigenvalue weighted by Crippen LogP contribution is 2.25. The van der Waals surface area contributed by atoms with Crippen LogP contribution in [0, 0.1) is 5.92 Å². The smallest absolute Gasteiger partial charge is 0.257 e. The molecule has 0 bridgehead atoms. The lowest BCUT2D eigenvalue weighted by Crippen LogP contribution is -2.39. The fourth-order valence-corrected chi connectivity index (χ4v) is 3.56. The molecule has 1 fully saturated rings. The summed E-state index contributed by atoms with van der Waals surface area (Å²) in [4.78, 5) is 19.2. The van der Waals surface area contributed by atoms with Crippen molar-refractivity contribution in [2.75, 3.05) is 20.2 Å². The Morgan fingerprint density at radius 2 is 2.00 bits per heavy atom. The van der Waals surface area contributed by atoms with Crippen molar-refractivity contribution >= 4 is 5.91 Å². The number of methoxy groups -OCH3 is 1. The summed E-state index contributed by atoms with van der Waals surface area (Å²) >= 11 is 0. The lowest BCUT2D eigenvalue weighted by atomic mass is 9.96. The van der Waals surface area contributed by atoms with E-state index in [4.69, 9.17) is 4.74 Å². The van der Waals surface area contributed by atoms with E-state index in [1.807, 2.05) is 35.4 Å². The van der Waals surface area contributed by atoms with Gasteiger partial charge in [-0.1, -0.05) is 26.0 Å². The molecule has 0 spiro atoms. The van der Waals surface area contributed by atoms with Crippen molar-refractivity contribution < 1.29 is 9.53 Å². The van der Waals surface area contributed by atoms with Crippen LogP contribution in [-0.2, 0) is 6.54 Å². The summed E-state index contributed by atoms with van der Waals surface area (Å²) in [7, 11) is 1.61. The van der Waals surface area contributed by atoms with Crippen molar-refractivity contribution in [2.24, 2.45) is 5.92 Å². The van der Waals surface area contributed by atoms with Gasteiger partial charge in [-0.2, -0.15) is 0 Å². The first-order valence-corrected chi connectivity index (χ1v) is 9.03. The predicted octanol–water partition coefficient (Wildman–Crippen LogP) is 3.57. The normalized spacial score (nSPS) is 15.6. The van der Waals surface area contributed by atoms with Crippen LogP contribution < -0.4 is 4.74 Å². The standard InChI is InChI=1S/C20H27N3O2/c1-15(2)19-21-10-13-23(19)14-16-8-11-22(12-9-16)20(24)17-6-4-5-7-18(17)25-3/h4-7,10,13,15-16H,8-9,11-12,14H2,1-3H3. The van der Waals surface area contributed by atoms with E-state index >= 15 is 0 Å². The molecule has 134 valence electrons. The molecule has 1 aliphatic rings. The molecule has 5 heteroatoms. The number of hydrogen-bond acceptors (Lipinski definition) is 3. The third kappa shape index (κ3) is 3.86. The van der Waals surface area contributed by atoms with Crippen molar-refractivity contribution in [2.45, 2.75) is 39.2 Å². The monoisotopic (exact) mass is 341 g/mol. The Balaban J connectivity index is 1.60. The highest BCUT2D eigenvalue weighted by Gasteiger charge is 2.26. The third-order valence-electron chi connectivity index (χ3n) is 4.96. The molecule has 0 saturated carbocycles. The van der Waals surface area contributed by atoms with E-state index in [0.29, 0.717) is 23.1 Å². The molecular formula is C20H27N3O2. The average molecular weight is 341 g/mol. The van der Waals surface area contributed by atoms with E-state index < -0.39 is 0 Å². The van der Waals surface area contributed by atoms with E-state index in [2.05, 4.69) is 29.6 Å². The molecule has 2 aromatic rings. The number of rotatable bonds is 5. The van der Waals surface area contributed by atoms with Crippen LogP contribution in [0.5, 0.6) is 5.75 Å². The number of hydrogen-bond donors (Lipinski definition) is 0. The van der Waals surface area contributed by atoms with Gasteiger partial charge < -0.3 is 14.2 Å². The second-order valence-electron chi connectivity index (χ2n) is 7.03. The number of carbonyl (C=O) groups excluding carboxylic acids is 1. The van der Waals surface area contributed by atoms with Gasteiger partial charge in [0.2, 0.25) is 0 Å². The van der Waals surface area contributed by atoms with E-state index in [0.717, 1.165) is 38.3 Å². The number of nitrogens with zero attached hydrogens (tertiary/aromatic N) is 3. The maximum atomic E-state index is 12.8. The zero-order valence-corrected chi connectivity index (χ0v) is 15.3. The van der Waals surface area contributed by atoms with Crippen LogP contribution in [0.1, 0.15) is 48.8 Å². The van der Waals surface area contributed by atoms with Crippen molar-refractivity contribution in [1.82, 2.24) is 14.5 Å². The molecule has 0 atom stereocenters. The molecule has 5 nitrogen and oxygen atoms in total. The van der Waals surface area contributed by atoms with Gasteiger partial charge in [0.15, 0.2) is 0 Å². The Kier molecular flexibility index (Phi) is 5.41. The Morgan fingerprint density at radius 3 is 2.68 bits per heavy atom. The second-order valence-corrected chi connectivity index (χ2v) is 7.03. The van der Waals surface area contributed by atoms with Crippen molar-refractivity contribution in [3.8, 4) is 5.75 Å². The maximum absolute atomic E-state index is 12.8. The lowest BCUT2D eigenvalue weighted by Gasteiger charge is -2.32. The number of imidazole rings is 1. The molecule has 1 aromatic carbocycles. The number of carbonyl (C=O) groups is 1. The first-order valence-electron chi connectivity index (χ1n) is 9.03. The van der Waals surface area contributed by atoms with E-state index in [-0.39, 0.29) is 5.91 Å². The number of piperidine rings is 1. The Morgan fingerprint density at radius 1 is 1.28 bits per heavy atom. The lowest BCUT2D eigenvalue weighted by molar-refractivity contribution is 0.0679. The van der Waals surface area contributed by atoms with Crippen molar-refractivity contribution in [3.63, 3.8) is 0 Å². The number of benzene rings is 1. The first-order chi connectivity index (χ1) is 12.1. The van der Waals surface area contributed by atoms with Crippen LogP contribution in [0.15, 0.2) is 36.7 Å². The van der Waals surface area contributed by atoms with Crippen LogP contribution in [0.4, 0.5) is 0 Å². The fourth-order valence-electron chi connectivity index (χ4n) is 3.56. The summed E-state index contributed by atoms with van der Waals surface area (Å²) in [5, 5.41) is 0. The van der Waals surface area contributed by atoms with Gasteiger partial charge in [0.1, 0.15) is 11.6 Å². The summed E-state index contributed by atoms with van der Waals surface area (Å²) < 4.78 is 7.60. The largest absolute Gasteiger partial charge is 0.496 e. The fraction of sp³-hybridized carbons (Fsp3) is 0.500. The SMILES string of the molecule is COc1ccccc1C(=O)N1CCC(Cn2ccnc2C(C)C)CC1. The number of para-hydroxylation sites is 1. The van der Waals surface area contributed by atoms with Crippen LogP contribution in [0.25, 0.3) is 0 Å². The minimum Gasteiger partial charge on any atom is -0.496 e. The van der Waals surface area contributed by atoms with E-state index in [9.17, 15) is 4.79 Å². The molecule has 25 heavy (non-hydrogen) atoms. The second kappa shape index (κ2) is 7.72. The summed E-state index contributed by atoms with van der Waals surface area (Å²) in [6.07, 6.45) is 6.00. The van der Waals surface area contributed by atoms with Gasteiger partial charge in [-0.15, -0.1) is 0 Å².